The predicted molar refractivity (Wildman–Crippen MR) is 55.6 cm³/mol. The number of rotatable bonds is 2. The van der Waals surface area contributed by atoms with Crippen LogP contribution in [0, 0.1) is 0 Å². The highest BCUT2D eigenvalue weighted by Crippen LogP contribution is 2.18. The fourth-order valence-corrected chi connectivity index (χ4v) is 1.67. The summed E-state index contributed by atoms with van der Waals surface area (Å²) >= 11 is 3.36. The molecular weight excluding hydrogens is 230 g/mol. The normalized spacial score (nSPS) is 10.9. The van der Waals surface area contributed by atoms with Crippen LogP contribution in [0.25, 0.3) is 11.0 Å². The summed E-state index contributed by atoms with van der Waals surface area (Å²) in [6.45, 7) is 2.14. The summed E-state index contributed by atoms with van der Waals surface area (Å²) in [4.78, 5) is 4.32. The number of aryl methyl sites for hydroxylation is 1. The SMILES string of the molecule is CCCc1[nH]nc2cc(Br)cnc12. The molecule has 0 aromatic carbocycles. The van der Waals surface area contributed by atoms with Crippen molar-refractivity contribution in [1.29, 1.82) is 0 Å². The minimum absolute atomic E-state index is 0.929. The first-order valence-electron chi connectivity index (χ1n) is 4.29. The molecule has 2 aromatic heterocycles. The number of aromatic nitrogens is 3. The summed E-state index contributed by atoms with van der Waals surface area (Å²) in [6, 6.07) is 1.97. The van der Waals surface area contributed by atoms with Crippen LogP contribution in [0.3, 0.4) is 0 Å². The molecule has 0 aliphatic carbocycles. The number of pyridine rings is 1. The number of H-pyrrole nitrogens is 1. The highest BCUT2D eigenvalue weighted by molar-refractivity contribution is 9.10. The maximum Gasteiger partial charge on any atom is 0.112 e. The van der Waals surface area contributed by atoms with Gasteiger partial charge in [0.05, 0.1) is 5.69 Å². The van der Waals surface area contributed by atoms with Gasteiger partial charge in [0.25, 0.3) is 0 Å². The zero-order valence-corrected chi connectivity index (χ0v) is 8.93. The standard InChI is InChI=1S/C9H10BrN3/c1-2-3-7-9-8(13-12-7)4-6(10)5-11-9/h4-5H,2-3H2,1H3,(H,12,13). The first kappa shape index (κ1) is 8.69. The van der Waals surface area contributed by atoms with Gasteiger partial charge in [0.2, 0.25) is 0 Å². The Labute approximate surface area is 84.7 Å². The molecule has 0 bridgehead atoms. The van der Waals surface area contributed by atoms with E-state index in [0.29, 0.717) is 0 Å². The van der Waals surface area contributed by atoms with Crippen molar-refractivity contribution in [2.45, 2.75) is 19.8 Å². The Balaban J connectivity index is 2.55. The molecule has 1 N–H and O–H groups in total. The topological polar surface area (TPSA) is 41.6 Å². The minimum atomic E-state index is 0.929. The molecule has 0 atom stereocenters. The van der Waals surface area contributed by atoms with E-state index in [4.69, 9.17) is 0 Å². The van der Waals surface area contributed by atoms with Gasteiger partial charge in [-0.15, -0.1) is 0 Å². The summed E-state index contributed by atoms with van der Waals surface area (Å²) in [5, 5.41) is 7.19. The first-order chi connectivity index (χ1) is 6.31. The second-order valence-corrected chi connectivity index (χ2v) is 3.89. The van der Waals surface area contributed by atoms with Gasteiger partial charge in [0.1, 0.15) is 11.0 Å². The molecule has 2 aromatic rings. The molecule has 2 rings (SSSR count). The van der Waals surface area contributed by atoms with E-state index in [9.17, 15) is 0 Å². The van der Waals surface area contributed by atoms with Crippen LogP contribution in [-0.4, -0.2) is 15.2 Å². The van der Waals surface area contributed by atoms with Crippen LogP contribution in [0.1, 0.15) is 19.0 Å². The van der Waals surface area contributed by atoms with E-state index in [1.807, 2.05) is 6.07 Å². The molecule has 4 heteroatoms. The number of nitrogens with one attached hydrogen (secondary N) is 1. The largest absolute Gasteiger partial charge is 0.280 e. The van der Waals surface area contributed by atoms with Gasteiger partial charge in [-0.2, -0.15) is 5.10 Å². The minimum Gasteiger partial charge on any atom is -0.280 e. The van der Waals surface area contributed by atoms with Crippen molar-refractivity contribution in [3.8, 4) is 0 Å². The summed E-state index contributed by atoms with van der Waals surface area (Å²) in [6.07, 6.45) is 3.91. The van der Waals surface area contributed by atoms with Crippen LogP contribution in [0.5, 0.6) is 0 Å². The molecule has 0 spiro atoms. The van der Waals surface area contributed by atoms with Crippen LogP contribution >= 0.6 is 15.9 Å². The van der Waals surface area contributed by atoms with Gasteiger partial charge < -0.3 is 0 Å². The molecule has 0 fully saturated rings. The van der Waals surface area contributed by atoms with E-state index < -0.39 is 0 Å². The molecule has 0 aliphatic heterocycles. The summed E-state index contributed by atoms with van der Waals surface area (Å²) in [5.41, 5.74) is 3.05. The molecule has 68 valence electrons. The number of nitrogens with zero attached hydrogens (tertiary/aromatic N) is 2. The highest BCUT2D eigenvalue weighted by atomic mass is 79.9. The van der Waals surface area contributed by atoms with E-state index in [0.717, 1.165) is 34.0 Å². The number of hydrogen-bond donors (Lipinski definition) is 1. The zero-order chi connectivity index (χ0) is 9.26. The molecule has 0 saturated heterocycles. The Hall–Kier alpha value is -0.900. The van der Waals surface area contributed by atoms with E-state index in [2.05, 4.69) is 38.0 Å². The second kappa shape index (κ2) is 3.46. The van der Waals surface area contributed by atoms with Crippen LogP contribution in [0.4, 0.5) is 0 Å². The fraction of sp³-hybridized carbons (Fsp3) is 0.333. The monoisotopic (exact) mass is 239 g/mol. The molecule has 0 aliphatic rings. The van der Waals surface area contributed by atoms with Crippen molar-refractivity contribution in [3.05, 3.63) is 22.4 Å². The van der Waals surface area contributed by atoms with Crippen molar-refractivity contribution < 1.29 is 0 Å². The smallest absolute Gasteiger partial charge is 0.112 e. The third-order valence-corrected chi connectivity index (χ3v) is 2.37. The molecule has 0 unspecified atom stereocenters. The predicted octanol–water partition coefficient (Wildman–Crippen LogP) is 2.67. The molecule has 0 saturated carbocycles. The van der Waals surface area contributed by atoms with Crippen molar-refractivity contribution in [2.75, 3.05) is 0 Å². The van der Waals surface area contributed by atoms with Gasteiger partial charge in [0.15, 0.2) is 0 Å². The third kappa shape index (κ3) is 1.58. The molecule has 0 amide bonds. The lowest BCUT2D eigenvalue weighted by atomic mass is 10.2. The van der Waals surface area contributed by atoms with Gasteiger partial charge in [0, 0.05) is 10.7 Å². The lowest BCUT2D eigenvalue weighted by Gasteiger charge is -1.93. The quantitative estimate of drug-likeness (QED) is 0.876. The molecule has 2 heterocycles. The Morgan fingerprint density at radius 2 is 2.38 bits per heavy atom. The van der Waals surface area contributed by atoms with Gasteiger partial charge in [-0.1, -0.05) is 13.3 Å². The van der Waals surface area contributed by atoms with E-state index in [1.165, 1.54) is 0 Å². The Morgan fingerprint density at radius 3 is 3.15 bits per heavy atom. The highest BCUT2D eigenvalue weighted by Gasteiger charge is 2.05. The number of hydrogen-bond acceptors (Lipinski definition) is 2. The Bertz CT molecular complexity index is 422. The molecular formula is C9H10BrN3. The summed E-state index contributed by atoms with van der Waals surface area (Å²) in [7, 11) is 0. The van der Waals surface area contributed by atoms with E-state index >= 15 is 0 Å². The number of halogens is 1. The fourth-order valence-electron chi connectivity index (χ4n) is 1.35. The Morgan fingerprint density at radius 1 is 1.54 bits per heavy atom. The molecule has 0 radical (unpaired) electrons. The third-order valence-electron chi connectivity index (χ3n) is 1.93. The van der Waals surface area contributed by atoms with Crippen molar-refractivity contribution >= 4 is 27.0 Å². The van der Waals surface area contributed by atoms with E-state index in [-0.39, 0.29) is 0 Å². The molecule has 13 heavy (non-hydrogen) atoms. The number of aromatic amines is 1. The van der Waals surface area contributed by atoms with Crippen molar-refractivity contribution in [2.24, 2.45) is 0 Å². The van der Waals surface area contributed by atoms with Crippen molar-refractivity contribution in [3.63, 3.8) is 0 Å². The van der Waals surface area contributed by atoms with Gasteiger partial charge in [-0.3, -0.25) is 10.1 Å². The second-order valence-electron chi connectivity index (χ2n) is 2.97. The van der Waals surface area contributed by atoms with E-state index in [1.54, 1.807) is 6.20 Å². The van der Waals surface area contributed by atoms with Crippen LogP contribution < -0.4 is 0 Å². The lowest BCUT2D eigenvalue weighted by Crippen LogP contribution is -1.85. The van der Waals surface area contributed by atoms with Crippen molar-refractivity contribution in [1.82, 2.24) is 15.2 Å². The van der Waals surface area contributed by atoms with Crippen LogP contribution in [0.2, 0.25) is 0 Å². The first-order valence-corrected chi connectivity index (χ1v) is 5.09. The maximum absolute atomic E-state index is 4.32. The average Bonchev–Trinajstić information content (AvgIpc) is 2.49. The lowest BCUT2D eigenvalue weighted by molar-refractivity contribution is 0.871. The summed E-state index contributed by atoms with van der Waals surface area (Å²) < 4.78 is 0.967. The summed E-state index contributed by atoms with van der Waals surface area (Å²) in [5.74, 6) is 0. The van der Waals surface area contributed by atoms with Crippen LogP contribution in [-0.2, 0) is 6.42 Å². The molecule has 3 nitrogen and oxygen atoms in total. The van der Waals surface area contributed by atoms with Gasteiger partial charge in [-0.05, 0) is 28.4 Å². The zero-order valence-electron chi connectivity index (χ0n) is 7.34. The average molecular weight is 240 g/mol. The van der Waals surface area contributed by atoms with Crippen LogP contribution in [0.15, 0.2) is 16.7 Å². The number of fused-ring (bicyclic) bond motifs is 1. The van der Waals surface area contributed by atoms with Gasteiger partial charge in [-0.25, -0.2) is 0 Å². The maximum atomic E-state index is 4.32. The Kier molecular flexibility index (Phi) is 2.31. The van der Waals surface area contributed by atoms with Gasteiger partial charge >= 0.3 is 0 Å².